The molecule has 2 aromatic rings. The minimum absolute atomic E-state index is 0.00158. The lowest BCUT2D eigenvalue weighted by Gasteiger charge is -2.46. The number of carboxylic acid groups (broad SMARTS) is 2. The molecule has 0 saturated carbocycles. The number of halogens is 6. The van der Waals surface area contributed by atoms with E-state index in [4.69, 9.17) is 19.8 Å². The fourth-order valence-corrected chi connectivity index (χ4v) is 5.87. The van der Waals surface area contributed by atoms with Gasteiger partial charge in [-0.3, -0.25) is 14.7 Å². The number of hydrogen-bond donors (Lipinski definition) is 2. The van der Waals surface area contributed by atoms with Crippen molar-refractivity contribution in [3.8, 4) is 0 Å². The molecule has 3 heterocycles. The van der Waals surface area contributed by atoms with Crippen LogP contribution in [0.25, 0.3) is 0 Å². The largest absolute Gasteiger partial charge is 0.490 e. The first kappa shape index (κ1) is 36.4. The summed E-state index contributed by atoms with van der Waals surface area (Å²) in [5.41, 5.74) is 1.46. The van der Waals surface area contributed by atoms with Crippen LogP contribution in [-0.2, 0) is 24.4 Å². The Labute approximate surface area is 248 Å². The third-order valence-electron chi connectivity index (χ3n) is 6.86. The molecule has 0 radical (unpaired) electrons. The second-order valence-electron chi connectivity index (χ2n) is 10.2. The molecule has 1 aromatic carbocycles. The molecule has 11 nitrogen and oxygen atoms in total. The molecule has 1 amide bonds. The third kappa shape index (κ3) is 9.12. The molecule has 244 valence electrons. The Balaban J connectivity index is 0.000000402. The molecule has 18 heteroatoms. The highest BCUT2D eigenvalue weighted by atomic mass is 32.2. The first-order chi connectivity index (χ1) is 20.1. The summed E-state index contributed by atoms with van der Waals surface area (Å²) >= 11 is 0. The maximum Gasteiger partial charge on any atom is 0.490 e. The summed E-state index contributed by atoms with van der Waals surface area (Å²) in [4.78, 5) is 38.6. The Kier molecular flexibility index (Phi) is 11.5. The molecule has 44 heavy (non-hydrogen) atoms. The first-order valence-corrected chi connectivity index (χ1v) is 14.2. The molecule has 2 fully saturated rings. The first-order valence-electron chi connectivity index (χ1n) is 12.7. The predicted octanol–water partition coefficient (Wildman–Crippen LogP) is 3.58. The van der Waals surface area contributed by atoms with E-state index in [1.807, 2.05) is 30.1 Å². The van der Waals surface area contributed by atoms with Crippen molar-refractivity contribution in [2.45, 2.75) is 49.0 Å². The number of rotatable bonds is 4. The molecule has 2 aliphatic heterocycles. The van der Waals surface area contributed by atoms with Crippen molar-refractivity contribution in [2.75, 3.05) is 38.1 Å². The summed E-state index contributed by atoms with van der Waals surface area (Å²) in [5, 5.41) is 14.2. The number of amides is 1. The predicted molar refractivity (Wildman–Crippen MR) is 143 cm³/mol. The van der Waals surface area contributed by atoms with Gasteiger partial charge in [-0.25, -0.2) is 18.0 Å². The van der Waals surface area contributed by atoms with Gasteiger partial charge in [0.1, 0.15) is 0 Å². The van der Waals surface area contributed by atoms with Gasteiger partial charge in [-0.2, -0.15) is 30.6 Å². The molecule has 0 bridgehead atoms. The zero-order valence-corrected chi connectivity index (χ0v) is 24.4. The Morgan fingerprint density at radius 1 is 0.955 bits per heavy atom. The lowest BCUT2D eigenvalue weighted by atomic mass is 9.93. The topological polar surface area (TPSA) is 148 Å². The van der Waals surface area contributed by atoms with Crippen molar-refractivity contribution in [1.82, 2.24) is 14.2 Å². The fourth-order valence-electron chi connectivity index (χ4n) is 4.35. The van der Waals surface area contributed by atoms with E-state index in [1.54, 1.807) is 39.8 Å². The molecule has 1 aromatic heterocycles. The van der Waals surface area contributed by atoms with Gasteiger partial charge < -0.3 is 15.1 Å². The van der Waals surface area contributed by atoms with Crippen LogP contribution < -0.4 is 4.90 Å². The molecular formula is C26H30F6N4O7S. The summed E-state index contributed by atoms with van der Waals surface area (Å²) in [6.07, 6.45) is -6.14. The Morgan fingerprint density at radius 2 is 1.48 bits per heavy atom. The van der Waals surface area contributed by atoms with Crippen molar-refractivity contribution < 1.29 is 59.4 Å². The van der Waals surface area contributed by atoms with Crippen LogP contribution in [0.1, 0.15) is 31.7 Å². The lowest BCUT2D eigenvalue weighted by Crippen LogP contribution is -2.64. The van der Waals surface area contributed by atoms with E-state index in [1.165, 1.54) is 0 Å². The van der Waals surface area contributed by atoms with E-state index in [-0.39, 0.29) is 12.5 Å². The van der Waals surface area contributed by atoms with Crippen LogP contribution in [0.2, 0.25) is 0 Å². The maximum absolute atomic E-state index is 13.3. The van der Waals surface area contributed by atoms with Gasteiger partial charge in [0.25, 0.3) is 0 Å². The minimum atomic E-state index is -5.08. The van der Waals surface area contributed by atoms with Crippen molar-refractivity contribution in [1.29, 1.82) is 0 Å². The fraction of sp³-hybridized carbons (Fsp3) is 0.462. The molecule has 1 unspecified atom stereocenters. The van der Waals surface area contributed by atoms with E-state index >= 15 is 0 Å². The second-order valence-corrected chi connectivity index (χ2v) is 12.1. The van der Waals surface area contributed by atoms with Crippen LogP contribution >= 0.6 is 0 Å². The van der Waals surface area contributed by atoms with E-state index in [0.29, 0.717) is 36.9 Å². The summed E-state index contributed by atoms with van der Waals surface area (Å²) in [6.45, 7) is 5.68. The normalized spacial score (nSPS) is 19.7. The second kappa shape index (κ2) is 13.9. The monoisotopic (exact) mass is 656 g/mol. The van der Waals surface area contributed by atoms with Crippen LogP contribution in [0.3, 0.4) is 0 Å². The number of benzene rings is 1. The number of sulfonamides is 1. The van der Waals surface area contributed by atoms with Crippen LogP contribution in [0, 0.1) is 0 Å². The standard InChI is InChI=1S/C22H28N4O3S.2C2HF3O2/c1-17(2)18-6-8-20(9-7-18)30(28,29)25-12-10-22(15-25)16-26(21(27)14-24(22)3)19-5-4-11-23-13-19;2*3-2(4,5)1(6)7/h4-9,11,13,17H,10,12,14-16H2,1-3H3;2*(H,6,7). The number of anilines is 1. The third-order valence-corrected chi connectivity index (χ3v) is 8.72. The van der Waals surface area contributed by atoms with Crippen LogP contribution in [0.5, 0.6) is 0 Å². The number of piperazine rings is 1. The smallest absolute Gasteiger partial charge is 0.475 e. The van der Waals surface area contributed by atoms with Crippen LogP contribution in [0.4, 0.5) is 32.0 Å². The highest BCUT2D eigenvalue weighted by Gasteiger charge is 2.50. The number of pyridine rings is 1. The molecule has 1 spiro atoms. The molecule has 1 atom stereocenters. The number of carbonyl (C=O) groups is 3. The lowest BCUT2D eigenvalue weighted by molar-refractivity contribution is -0.193. The number of aromatic nitrogens is 1. The molecule has 0 aliphatic carbocycles. The molecule has 2 N–H and O–H groups in total. The Hall–Kier alpha value is -3.77. The number of alkyl halides is 6. The van der Waals surface area contributed by atoms with Gasteiger partial charge >= 0.3 is 24.3 Å². The van der Waals surface area contributed by atoms with Gasteiger partial charge in [0.05, 0.1) is 28.9 Å². The molecule has 2 aliphatic rings. The molecule has 2 saturated heterocycles. The molecular weight excluding hydrogens is 626 g/mol. The number of carbonyl (C=O) groups excluding carboxylic acids is 1. The number of hydrogen-bond acceptors (Lipinski definition) is 7. The van der Waals surface area contributed by atoms with E-state index in [9.17, 15) is 39.6 Å². The highest BCUT2D eigenvalue weighted by molar-refractivity contribution is 7.89. The highest BCUT2D eigenvalue weighted by Crippen LogP contribution is 2.35. The summed E-state index contributed by atoms with van der Waals surface area (Å²) in [5.74, 6) is -5.16. The van der Waals surface area contributed by atoms with E-state index < -0.39 is 39.9 Å². The van der Waals surface area contributed by atoms with Gasteiger partial charge in [0.2, 0.25) is 15.9 Å². The minimum Gasteiger partial charge on any atom is -0.475 e. The number of aliphatic carboxylic acids is 2. The SMILES string of the molecule is CC(C)c1ccc(S(=O)(=O)N2CCC3(CN(c4cccnc4)C(=O)CN3C)C2)cc1.O=C(O)C(F)(F)F.O=C(O)C(F)(F)F. The average Bonchev–Trinajstić information content (AvgIpc) is 3.37. The van der Waals surface area contributed by atoms with Gasteiger partial charge in [-0.1, -0.05) is 26.0 Å². The zero-order chi connectivity index (χ0) is 33.7. The van der Waals surface area contributed by atoms with Crippen molar-refractivity contribution in [2.24, 2.45) is 0 Å². The summed E-state index contributed by atoms with van der Waals surface area (Å²) < 4.78 is 91.6. The quantitative estimate of drug-likeness (QED) is 0.471. The van der Waals surface area contributed by atoms with Crippen molar-refractivity contribution in [3.05, 3.63) is 54.4 Å². The average molecular weight is 657 g/mol. The van der Waals surface area contributed by atoms with Crippen molar-refractivity contribution >= 4 is 33.6 Å². The van der Waals surface area contributed by atoms with Gasteiger partial charge in [-0.05, 0) is 49.2 Å². The van der Waals surface area contributed by atoms with Crippen LogP contribution in [-0.4, -0.2) is 102 Å². The number of carboxylic acids is 2. The van der Waals surface area contributed by atoms with E-state index in [0.717, 1.165) is 11.3 Å². The Morgan fingerprint density at radius 3 is 1.91 bits per heavy atom. The number of nitrogens with zero attached hydrogens (tertiary/aromatic N) is 4. The van der Waals surface area contributed by atoms with Crippen molar-refractivity contribution in [3.63, 3.8) is 0 Å². The Bertz CT molecular complexity index is 1400. The number of likely N-dealkylation sites (N-methyl/N-ethyl adjacent to an activating group) is 1. The molecule has 4 rings (SSSR count). The van der Waals surface area contributed by atoms with Crippen LogP contribution in [0.15, 0.2) is 53.7 Å². The summed E-state index contributed by atoms with van der Waals surface area (Å²) in [7, 11) is -1.68. The maximum atomic E-state index is 13.3. The van der Waals surface area contributed by atoms with Gasteiger partial charge in [0.15, 0.2) is 0 Å². The van der Waals surface area contributed by atoms with E-state index in [2.05, 4.69) is 18.8 Å². The van der Waals surface area contributed by atoms with Gasteiger partial charge in [-0.15, -0.1) is 0 Å². The summed E-state index contributed by atoms with van der Waals surface area (Å²) in [6, 6.07) is 10.8. The zero-order valence-electron chi connectivity index (χ0n) is 23.6. The van der Waals surface area contributed by atoms with Gasteiger partial charge in [0, 0.05) is 25.8 Å².